The first-order valence-corrected chi connectivity index (χ1v) is 6.57. The van der Waals surface area contributed by atoms with Gasteiger partial charge in [-0.25, -0.2) is 0 Å². The molecule has 0 aliphatic heterocycles. The average molecular weight is 272 g/mol. The first-order chi connectivity index (χ1) is 8.08. The van der Waals surface area contributed by atoms with Gasteiger partial charge in [0.05, 0.1) is 6.61 Å². The van der Waals surface area contributed by atoms with Crippen LogP contribution in [0.25, 0.3) is 0 Å². The molecule has 18 heavy (non-hydrogen) atoms. The van der Waals surface area contributed by atoms with Gasteiger partial charge in [0.25, 0.3) is 0 Å². The van der Waals surface area contributed by atoms with Crippen LogP contribution in [-0.2, 0) is 6.42 Å². The maximum Gasteiger partial charge on any atom is 0.122 e. The molecule has 1 aromatic carbocycles. The molecule has 0 saturated heterocycles. The molecule has 0 amide bonds. The second-order valence-electron chi connectivity index (χ2n) is 4.77. The van der Waals surface area contributed by atoms with Gasteiger partial charge in [-0.2, -0.15) is 0 Å². The Hall–Kier alpha value is -0.730. The van der Waals surface area contributed by atoms with Gasteiger partial charge in [-0.15, -0.1) is 12.4 Å². The van der Waals surface area contributed by atoms with Crippen molar-refractivity contribution in [3.63, 3.8) is 0 Å². The zero-order valence-corrected chi connectivity index (χ0v) is 12.8. The predicted octanol–water partition coefficient (Wildman–Crippen LogP) is 3.79. The van der Waals surface area contributed by atoms with Gasteiger partial charge in [0.2, 0.25) is 0 Å². The second-order valence-corrected chi connectivity index (χ2v) is 4.77. The minimum absolute atomic E-state index is 0. The quantitative estimate of drug-likeness (QED) is 0.854. The molecule has 0 bridgehead atoms. The number of ether oxygens (including phenoxy) is 1. The lowest BCUT2D eigenvalue weighted by Gasteiger charge is -2.15. The zero-order chi connectivity index (χ0) is 12.8. The van der Waals surface area contributed by atoms with E-state index in [-0.39, 0.29) is 18.4 Å². The number of halogens is 1. The number of hydrogen-bond donors (Lipinski definition) is 1. The van der Waals surface area contributed by atoms with Crippen molar-refractivity contribution in [1.29, 1.82) is 0 Å². The molecular weight excluding hydrogens is 246 g/mol. The molecule has 1 rings (SSSR count). The van der Waals surface area contributed by atoms with Crippen molar-refractivity contribution in [2.45, 2.75) is 53.0 Å². The fraction of sp³-hybridized carbons (Fsp3) is 0.600. The topological polar surface area (TPSA) is 35.2 Å². The zero-order valence-electron chi connectivity index (χ0n) is 12.0. The van der Waals surface area contributed by atoms with E-state index in [1.807, 2.05) is 0 Å². The molecule has 3 heteroatoms. The SMILES string of the molecule is CCCOc1cc(C)c(CC(N)CC)cc1C.Cl. The van der Waals surface area contributed by atoms with Crippen LogP contribution in [-0.4, -0.2) is 12.6 Å². The summed E-state index contributed by atoms with van der Waals surface area (Å²) in [6.07, 6.45) is 3.02. The van der Waals surface area contributed by atoms with Crippen LogP contribution in [0.2, 0.25) is 0 Å². The van der Waals surface area contributed by atoms with Crippen molar-refractivity contribution < 1.29 is 4.74 Å². The van der Waals surface area contributed by atoms with E-state index in [0.717, 1.165) is 31.6 Å². The van der Waals surface area contributed by atoms with Crippen LogP contribution in [0.5, 0.6) is 5.75 Å². The first-order valence-electron chi connectivity index (χ1n) is 6.57. The summed E-state index contributed by atoms with van der Waals surface area (Å²) in [6.45, 7) is 9.28. The molecule has 0 aliphatic rings. The molecule has 1 aromatic rings. The lowest BCUT2D eigenvalue weighted by molar-refractivity contribution is 0.315. The molecule has 104 valence electrons. The Balaban J connectivity index is 0.00000289. The Kier molecular flexibility index (Phi) is 8.05. The normalized spacial score (nSPS) is 11.8. The third kappa shape index (κ3) is 4.87. The lowest BCUT2D eigenvalue weighted by atomic mass is 9.97. The van der Waals surface area contributed by atoms with Crippen molar-refractivity contribution in [3.05, 3.63) is 28.8 Å². The van der Waals surface area contributed by atoms with E-state index in [2.05, 4.69) is 39.8 Å². The van der Waals surface area contributed by atoms with Crippen molar-refractivity contribution >= 4 is 12.4 Å². The van der Waals surface area contributed by atoms with E-state index in [4.69, 9.17) is 10.5 Å². The molecule has 0 spiro atoms. The molecule has 0 heterocycles. The Morgan fingerprint density at radius 1 is 1.17 bits per heavy atom. The minimum Gasteiger partial charge on any atom is -0.493 e. The molecule has 0 aliphatic carbocycles. The molecule has 0 aromatic heterocycles. The van der Waals surface area contributed by atoms with Crippen molar-refractivity contribution in [3.8, 4) is 5.75 Å². The van der Waals surface area contributed by atoms with Crippen molar-refractivity contribution in [2.75, 3.05) is 6.61 Å². The van der Waals surface area contributed by atoms with Crippen LogP contribution >= 0.6 is 12.4 Å². The van der Waals surface area contributed by atoms with Crippen LogP contribution < -0.4 is 10.5 Å². The number of hydrogen-bond acceptors (Lipinski definition) is 2. The molecule has 1 unspecified atom stereocenters. The molecular formula is C15H26ClNO. The third-order valence-electron chi connectivity index (χ3n) is 3.10. The number of rotatable bonds is 6. The largest absolute Gasteiger partial charge is 0.493 e. The molecule has 0 radical (unpaired) electrons. The summed E-state index contributed by atoms with van der Waals surface area (Å²) in [5.41, 5.74) is 9.85. The highest BCUT2D eigenvalue weighted by molar-refractivity contribution is 5.85. The number of nitrogens with two attached hydrogens (primary N) is 1. The van der Waals surface area contributed by atoms with Crippen molar-refractivity contribution in [1.82, 2.24) is 0 Å². The summed E-state index contributed by atoms with van der Waals surface area (Å²) in [5.74, 6) is 1.01. The lowest BCUT2D eigenvalue weighted by Crippen LogP contribution is -2.21. The summed E-state index contributed by atoms with van der Waals surface area (Å²) >= 11 is 0. The second kappa shape index (κ2) is 8.39. The van der Waals surface area contributed by atoms with E-state index in [9.17, 15) is 0 Å². The molecule has 2 N–H and O–H groups in total. The summed E-state index contributed by atoms with van der Waals surface area (Å²) in [7, 11) is 0. The minimum atomic E-state index is 0. The summed E-state index contributed by atoms with van der Waals surface area (Å²) in [6, 6.07) is 4.62. The summed E-state index contributed by atoms with van der Waals surface area (Å²) in [4.78, 5) is 0. The Bertz CT molecular complexity index is 366. The van der Waals surface area contributed by atoms with Gasteiger partial charge in [-0.3, -0.25) is 0 Å². The van der Waals surface area contributed by atoms with Gasteiger partial charge in [0.1, 0.15) is 5.75 Å². The highest BCUT2D eigenvalue weighted by Crippen LogP contribution is 2.24. The van der Waals surface area contributed by atoms with Crippen LogP contribution in [0.15, 0.2) is 12.1 Å². The first kappa shape index (κ1) is 17.3. The van der Waals surface area contributed by atoms with Gasteiger partial charge in [0.15, 0.2) is 0 Å². The van der Waals surface area contributed by atoms with Gasteiger partial charge in [-0.05, 0) is 55.9 Å². The average Bonchev–Trinajstić information content (AvgIpc) is 2.31. The molecule has 1 atom stereocenters. The third-order valence-corrected chi connectivity index (χ3v) is 3.10. The molecule has 2 nitrogen and oxygen atoms in total. The van der Waals surface area contributed by atoms with E-state index >= 15 is 0 Å². The summed E-state index contributed by atoms with van der Waals surface area (Å²) < 4.78 is 5.72. The van der Waals surface area contributed by atoms with E-state index in [1.54, 1.807) is 0 Å². The van der Waals surface area contributed by atoms with Crippen molar-refractivity contribution in [2.24, 2.45) is 5.73 Å². The van der Waals surface area contributed by atoms with Crippen LogP contribution in [0, 0.1) is 13.8 Å². The number of aryl methyl sites for hydroxylation is 2. The Morgan fingerprint density at radius 3 is 2.39 bits per heavy atom. The fourth-order valence-corrected chi connectivity index (χ4v) is 1.86. The highest BCUT2D eigenvalue weighted by atomic mass is 35.5. The van der Waals surface area contributed by atoms with E-state index in [1.165, 1.54) is 16.7 Å². The van der Waals surface area contributed by atoms with Gasteiger partial charge in [-0.1, -0.05) is 19.9 Å². The van der Waals surface area contributed by atoms with Crippen LogP contribution in [0.3, 0.4) is 0 Å². The monoisotopic (exact) mass is 271 g/mol. The Labute approximate surface area is 117 Å². The van der Waals surface area contributed by atoms with Gasteiger partial charge >= 0.3 is 0 Å². The predicted molar refractivity (Wildman–Crippen MR) is 80.9 cm³/mol. The molecule has 0 fully saturated rings. The fourth-order valence-electron chi connectivity index (χ4n) is 1.86. The van der Waals surface area contributed by atoms with Crippen LogP contribution in [0.4, 0.5) is 0 Å². The smallest absolute Gasteiger partial charge is 0.122 e. The maximum atomic E-state index is 6.01. The molecule has 0 saturated carbocycles. The van der Waals surface area contributed by atoms with E-state index in [0.29, 0.717) is 0 Å². The standard InChI is InChI=1S/C15H25NO.ClH/c1-5-7-17-15-9-11(3)13(8-12(15)4)10-14(16)6-2;/h8-9,14H,5-7,10,16H2,1-4H3;1H. The van der Waals surface area contributed by atoms with Gasteiger partial charge < -0.3 is 10.5 Å². The van der Waals surface area contributed by atoms with E-state index < -0.39 is 0 Å². The van der Waals surface area contributed by atoms with Gasteiger partial charge in [0, 0.05) is 6.04 Å². The summed E-state index contributed by atoms with van der Waals surface area (Å²) in [5, 5.41) is 0. The highest BCUT2D eigenvalue weighted by Gasteiger charge is 2.08. The van der Waals surface area contributed by atoms with Crippen LogP contribution in [0.1, 0.15) is 43.4 Å². The number of benzene rings is 1. The maximum absolute atomic E-state index is 6.01. The Morgan fingerprint density at radius 2 is 1.83 bits per heavy atom.